The summed E-state index contributed by atoms with van der Waals surface area (Å²) < 4.78 is 0. The van der Waals surface area contributed by atoms with Crippen LogP contribution in [0.5, 0.6) is 0 Å². The van der Waals surface area contributed by atoms with E-state index in [1.54, 1.807) is 11.8 Å². The summed E-state index contributed by atoms with van der Waals surface area (Å²) in [5.74, 6) is 1.95. The van der Waals surface area contributed by atoms with Crippen LogP contribution in [0.2, 0.25) is 0 Å². The molecule has 0 unspecified atom stereocenters. The maximum absolute atomic E-state index is 4.52. The topological polar surface area (TPSA) is 29.0 Å². The standard InChI is InChI=1S/C11H17N3S/c1-9-4-7-14(8-5-9)10-3-6-12-11(13-10)15-2/h3,6,9H,4-5,7-8H2,1-2H3. The van der Waals surface area contributed by atoms with Crippen LogP contribution in [0.1, 0.15) is 19.8 Å². The first kappa shape index (κ1) is 10.7. The zero-order valence-electron chi connectivity index (χ0n) is 9.31. The molecule has 1 aliphatic rings. The SMILES string of the molecule is CSc1nccc(N2CCC(C)CC2)n1. The lowest BCUT2D eigenvalue weighted by molar-refractivity contribution is 0.436. The molecule has 0 saturated carbocycles. The third-order valence-corrected chi connectivity index (χ3v) is 3.47. The second-order valence-corrected chi connectivity index (χ2v) is 4.84. The normalized spacial score (nSPS) is 18.1. The minimum absolute atomic E-state index is 0.864. The Hall–Kier alpha value is -0.770. The van der Waals surface area contributed by atoms with Crippen molar-refractivity contribution < 1.29 is 0 Å². The number of thioether (sulfide) groups is 1. The molecule has 4 heteroatoms. The van der Waals surface area contributed by atoms with E-state index in [4.69, 9.17) is 0 Å². The maximum Gasteiger partial charge on any atom is 0.189 e. The number of hydrogen-bond donors (Lipinski definition) is 0. The lowest BCUT2D eigenvalue weighted by Gasteiger charge is -2.31. The van der Waals surface area contributed by atoms with Gasteiger partial charge in [-0.1, -0.05) is 18.7 Å². The molecule has 3 nitrogen and oxygen atoms in total. The molecule has 0 amide bonds. The number of anilines is 1. The third-order valence-electron chi connectivity index (χ3n) is 2.91. The van der Waals surface area contributed by atoms with Crippen LogP contribution in [0.4, 0.5) is 5.82 Å². The van der Waals surface area contributed by atoms with Crippen LogP contribution in [0.15, 0.2) is 17.4 Å². The molecule has 0 aromatic carbocycles. The molecule has 0 atom stereocenters. The molecule has 0 aliphatic carbocycles. The highest BCUT2D eigenvalue weighted by molar-refractivity contribution is 7.98. The molecule has 1 aromatic heterocycles. The van der Waals surface area contributed by atoms with Gasteiger partial charge >= 0.3 is 0 Å². The summed E-state index contributed by atoms with van der Waals surface area (Å²) in [6.45, 7) is 4.59. The first-order valence-corrected chi connectivity index (χ1v) is 6.64. The molecular formula is C11H17N3S. The maximum atomic E-state index is 4.52. The van der Waals surface area contributed by atoms with Gasteiger partial charge in [0.1, 0.15) is 5.82 Å². The fourth-order valence-electron chi connectivity index (χ4n) is 1.84. The Morgan fingerprint density at radius 1 is 1.40 bits per heavy atom. The summed E-state index contributed by atoms with van der Waals surface area (Å²) in [6.07, 6.45) is 6.42. The first-order chi connectivity index (χ1) is 7.29. The van der Waals surface area contributed by atoms with Crippen molar-refractivity contribution in [3.05, 3.63) is 12.3 Å². The molecule has 1 aliphatic heterocycles. The predicted octanol–water partition coefficient (Wildman–Crippen LogP) is 2.43. The molecule has 1 aromatic rings. The molecule has 0 bridgehead atoms. The molecule has 1 saturated heterocycles. The lowest BCUT2D eigenvalue weighted by atomic mass is 9.99. The van der Waals surface area contributed by atoms with E-state index >= 15 is 0 Å². The second kappa shape index (κ2) is 4.84. The van der Waals surface area contributed by atoms with E-state index in [9.17, 15) is 0 Å². The summed E-state index contributed by atoms with van der Waals surface area (Å²) >= 11 is 1.60. The van der Waals surface area contributed by atoms with Crippen LogP contribution in [0.3, 0.4) is 0 Å². The van der Waals surface area contributed by atoms with Gasteiger partial charge < -0.3 is 4.90 Å². The Morgan fingerprint density at radius 3 is 2.80 bits per heavy atom. The number of nitrogens with zero attached hydrogens (tertiary/aromatic N) is 3. The Bertz CT molecular complexity index is 321. The Kier molecular flexibility index (Phi) is 3.46. The molecule has 82 valence electrons. The van der Waals surface area contributed by atoms with Gasteiger partial charge in [-0.05, 0) is 31.1 Å². The van der Waals surface area contributed by atoms with Gasteiger partial charge in [-0.15, -0.1) is 0 Å². The van der Waals surface area contributed by atoms with E-state index in [1.165, 1.54) is 12.8 Å². The molecule has 2 heterocycles. The first-order valence-electron chi connectivity index (χ1n) is 5.41. The lowest BCUT2D eigenvalue weighted by Crippen LogP contribution is -2.33. The van der Waals surface area contributed by atoms with Crippen molar-refractivity contribution in [2.45, 2.75) is 24.9 Å². The zero-order valence-corrected chi connectivity index (χ0v) is 10.1. The van der Waals surface area contributed by atoms with Gasteiger partial charge in [0, 0.05) is 19.3 Å². The molecular weight excluding hydrogens is 206 g/mol. The quantitative estimate of drug-likeness (QED) is 0.569. The molecule has 2 rings (SSSR count). The summed E-state index contributed by atoms with van der Waals surface area (Å²) in [7, 11) is 0. The number of hydrogen-bond acceptors (Lipinski definition) is 4. The van der Waals surface area contributed by atoms with Gasteiger partial charge in [0.15, 0.2) is 5.16 Å². The molecule has 0 N–H and O–H groups in total. The van der Waals surface area contributed by atoms with Gasteiger partial charge in [-0.2, -0.15) is 0 Å². The van der Waals surface area contributed by atoms with Crippen LogP contribution < -0.4 is 4.90 Å². The predicted molar refractivity (Wildman–Crippen MR) is 64.4 cm³/mol. The van der Waals surface area contributed by atoms with E-state index in [-0.39, 0.29) is 0 Å². The van der Waals surface area contributed by atoms with Gasteiger partial charge in [-0.3, -0.25) is 0 Å². The number of piperidine rings is 1. The molecule has 1 fully saturated rings. The van der Waals surface area contributed by atoms with Gasteiger partial charge in [0.25, 0.3) is 0 Å². The smallest absolute Gasteiger partial charge is 0.189 e. The van der Waals surface area contributed by atoms with Crippen molar-refractivity contribution in [2.75, 3.05) is 24.2 Å². The Labute approximate surface area is 95.3 Å². The van der Waals surface area contributed by atoms with Gasteiger partial charge in [0.2, 0.25) is 0 Å². The Morgan fingerprint density at radius 2 is 2.13 bits per heavy atom. The van der Waals surface area contributed by atoms with Crippen molar-refractivity contribution in [3.8, 4) is 0 Å². The zero-order chi connectivity index (χ0) is 10.7. The van der Waals surface area contributed by atoms with Crippen molar-refractivity contribution in [3.63, 3.8) is 0 Å². The summed E-state index contributed by atoms with van der Waals surface area (Å²) in [4.78, 5) is 11.1. The largest absolute Gasteiger partial charge is 0.356 e. The van der Waals surface area contributed by atoms with Crippen LogP contribution in [0.25, 0.3) is 0 Å². The second-order valence-electron chi connectivity index (χ2n) is 4.07. The minimum Gasteiger partial charge on any atom is -0.356 e. The van der Waals surface area contributed by atoms with Crippen molar-refractivity contribution in [2.24, 2.45) is 5.92 Å². The Balaban J connectivity index is 2.08. The average molecular weight is 223 g/mol. The monoisotopic (exact) mass is 223 g/mol. The van der Waals surface area contributed by atoms with E-state index in [0.29, 0.717) is 0 Å². The highest BCUT2D eigenvalue weighted by Gasteiger charge is 2.16. The van der Waals surface area contributed by atoms with Crippen molar-refractivity contribution in [1.82, 2.24) is 9.97 Å². The summed E-state index contributed by atoms with van der Waals surface area (Å²) in [6, 6.07) is 2.01. The van der Waals surface area contributed by atoms with Crippen LogP contribution in [-0.4, -0.2) is 29.3 Å². The van der Waals surface area contributed by atoms with Crippen molar-refractivity contribution in [1.29, 1.82) is 0 Å². The van der Waals surface area contributed by atoms with E-state index < -0.39 is 0 Å². The summed E-state index contributed by atoms with van der Waals surface area (Å²) in [5.41, 5.74) is 0. The number of rotatable bonds is 2. The fraction of sp³-hybridized carbons (Fsp3) is 0.636. The molecule has 0 spiro atoms. The number of aromatic nitrogens is 2. The third kappa shape index (κ3) is 2.62. The average Bonchev–Trinajstić information content (AvgIpc) is 2.30. The highest BCUT2D eigenvalue weighted by Crippen LogP contribution is 2.22. The van der Waals surface area contributed by atoms with E-state index in [2.05, 4.69) is 21.8 Å². The molecule has 15 heavy (non-hydrogen) atoms. The van der Waals surface area contributed by atoms with Crippen LogP contribution >= 0.6 is 11.8 Å². The van der Waals surface area contributed by atoms with Crippen molar-refractivity contribution >= 4 is 17.6 Å². The van der Waals surface area contributed by atoms with Crippen LogP contribution in [-0.2, 0) is 0 Å². The van der Waals surface area contributed by atoms with Gasteiger partial charge in [-0.25, -0.2) is 9.97 Å². The van der Waals surface area contributed by atoms with Crippen LogP contribution in [0, 0.1) is 5.92 Å². The molecule has 0 radical (unpaired) electrons. The minimum atomic E-state index is 0.864. The van der Waals surface area contributed by atoms with E-state index in [0.717, 1.165) is 30.0 Å². The summed E-state index contributed by atoms with van der Waals surface area (Å²) in [5, 5.41) is 0.867. The van der Waals surface area contributed by atoms with Gasteiger partial charge in [0.05, 0.1) is 0 Å². The fourth-order valence-corrected chi connectivity index (χ4v) is 2.20. The van der Waals surface area contributed by atoms with E-state index in [1.807, 2.05) is 18.5 Å². The highest BCUT2D eigenvalue weighted by atomic mass is 32.2.